The first-order chi connectivity index (χ1) is 13.0. The Morgan fingerprint density at radius 1 is 1.19 bits per heavy atom. The maximum atomic E-state index is 13.3. The van der Waals surface area contributed by atoms with E-state index in [0.29, 0.717) is 27.7 Å². The number of hydrogen-bond donors (Lipinski definition) is 1. The molecule has 1 amide bonds. The summed E-state index contributed by atoms with van der Waals surface area (Å²) in [5.74, 6) is -0.337. The molecule has 4 aromatic rings. The largest absolute Gasteiger partial charge is 0.322 e. The Morgan fingerprint density at radius 2 is 2.00 bits per heavy atom. The summed E-state index contributed by atoms with van der Waals surface area (Å²) in [6, 6.07) is 12.5. The van der Waals surface area contributed by atoms with Crippen LogP contribution in [-0.4, -0.2) is 20.3 Å². The number of nitrogens with one attached hydrogen (secondary N) is 1. The summed E-state index contributed by atoms with van der Waals surface area (Å²) < 4.78 is 14.9. The third-order valence-electron chi connectivity index (χ3n) is 4.18. The number of aryl methyl sites for hydroxylation is 1. The molecule has 7 heteroatoms. The van der Waals surface area contributed by atoms with E-state index >= 15 is 0 Å². The van der Waals surface area contributed by atoms with Crippen LogP contribution in [0.2, 0.25) is 5.02 Å². The number of benzene rings is 2. The number of carbonyl (C=O) groups excluding carboxylic acids is 1. The highest BCUT2D eigenvalue weighted by atomic mass is 35.5. The summed E-state index contributed by atoms with van der Waals surface area (Å²) in [6.45, 7) is 1.90. The number of hydrogen-bond acceptors (Lipinski definition) is 3. The minimum absolute atomic E-state index is 0.292. The lowest BCUT2D eigenvalue weighted by Crippen LogP contribution is -2.13. The molecule has 0 fully saturated rings. The van der Waals surface area contributed by atoms with Crippen LogP contribution in [0.4, 0.5) is 10.1 Å². The van der Waals surface area contributed by atoms with Gasteiger partial charge in [0.15, 0.2) is 5.82 Å². The SMILES string of the molecule is Cc1ccc(-c2cn3cc(F)cnc3n2)cc1NC(=O)c1ccccc1Cl. The fraction of sp³-hybridized carbons (Fsp3) is 0.0500. The predicted molar refractivity (Wildman–Crippen MR) is 103 cm³/mol. The van der Waals surface area contributed by atoms with Crippen molar-refractivity contribution >= 4 is 29.0 Å². The fourth-order valence-electron chi connectivity index (χ4n) is 2.75. The highest BCUT2D eigenvalue weighted by Gasteiger charge is 2.13. The van der Waals surface area contributed by atoms with Gasteiger partial charge in [-0.3, -0.25) is 9.20 Å². The number of halogens is 2. The van der Waals surface area contributed by atoms with Gasteiger partial charge in [-0.2, -0.15) is 0 Å². The summed E-state index contributed by atoms with van der Waals surface area (Å²) in [7, 11) is 0. The van der Waals surface area contributed by atoms with Gasteiger partial charge in [-0.1, -0.05) is 35.9 Å². The van der Waals surface area contributed by atoms with E-state index in [1.54, 1.807) is 30.5 Å². The molecular weight excluding hydrogens is 367 g/mol. The van der Waals surface area contributed by atoms with Crippen molar-refractivity contribution < 1.29 is 9.18 Å². The summed E-state index contributed by atoms with van der Waals surface area (Å²) in [4.78, 5) is 20.9. The van der Waals surface area contributed by atoms with E-state index < -0.39 is 5.82 Å². The van der Waals surface area contributed by atoms with E-state index in [9.17, 15) is 9.18 Å². The summed E-state index contributed by atoms with van der Waals surface area (Å²) in [6.07, 6.45) is 4.12. The number of imidazole rings is 1. The maximum absolute atomic E-state index is 13.3. The number of nitrogens with zero attached hydrogens (tertiary/aromatic N) is 3. The second kappa shape index (κ2) is 6.81. The van der Waals surface area contributed by atoms with Crippen LogP contribution in [-0.2, 0) is 0 Å². The van der Waals surface area contributed by atoms with Gasteiger partial charge in [-0.25, -0.2) is 14.4 Å². The minimum Gasteiger partial charge on any atom is -0.322 e. The third kappa shape index (κ3) is 3.39. The summed E-state index contributed by atoms with van der Waals surface area (Å²) in [5, 5.41) is 3.27. The van der Waals surface area contributed by atoms with Crippen molar-refractivity contribution in [3.05, 3.63) is 83.0 Å². The highest BCUT2D eigenvalue weighted by molar-refractivity contribution is 6.34. The average molecular weight is 381 g/mol. The van der Waals surface area contributed by atoms with E-state index in [2.05, 4.69) is 15.3 Å². The van der Waals surface area contributed by atoms with E-state index in [1.165, 1.54) is 10.6 Å². The molecule has 0 spiro atoms. The number of anilines is 1. The quantitative estimate of drug-likeness (QED) is 0.558. The van der Waals surface area contributed by atoms with Crippen LogP contribution in [0, 0.1) is 12.7 Å². The van der Waals surface area contributed by atoms with Crippen LogP contribution in [0.5, 0.6) is 0 Å². The van der Waals surface area contributed by atoms with E-state index in [0.717, 1.165) is 17.3 Å². The van der Waals surface area contributed by atoms with Crippen molar-refractivity contribution in [1.82, 2.24) is 14.4 Å². The highest BCUT2D eigenvalue weighted by Crippen LogP contribution is 2.26. The third-order valence-corrected chi connectivity index (χ3v) is 4.51. The Morgan fingerprint density at radius 3 is 2.81 bits per heavy atom. The monoisotopic (exact) mass is 380 g/mol. The van der Waals surface area contributed by atoms with Crippen LogP contribution in [0.3, 0.4) is 0 Å². The summed E-state index contributed by atoms with van der Waals surface area (Å²) >= 11 is 6.10. The molecule has 0 aliphatic heterocycles. The standard InChI is InChI=1S/C20H14ClFN4O/c1-12-6-7-13(18-11-26-10-14(22)9-23-20(26)25-18)8-17(12)24-19(27)15-4-2-3-5-16(15)21/h2-11H,1H3,(H,24,27). The Kier molecular flexibility index (Phi) is 4.33. The predicted octanol–water partition coefficient (Wildman–Crippen LogP) is 4.75. The van der Waals surface area contributed by atoms with E-state index in [-0.39, 0.29) is 5.91 Å². The van der Waals surface area contributed by atoms with Crippen LogP contribution >= 0.6 is 11.6 Å². The second-order valence-electron chi connectivity index (χ2n) is 6.07. The van der Waals surface area contributed by atoms with Gasteiger partial charge in [0, 0.05) is 23.6 Å². The second-order valence-corrected chi connectivity index (χ2v) is 6.48. The van der Waals surface area contributed by atoms with Crippen LogP contribution in [0.15, 0.2) is 61.1 Å². The van der Waals surface area contributed by atoms with E-state index in [4.69, 9.17) is 11.6 Å². The first-order valence-corrected chi connectivity index (χ1v) is 8.56. The Hall–Kier alpha value is -3.25. The van der Waals surface area contributed by atoms with Gasteiger partial charge in [-0.05, 0) is 30.7 Å². The van der Waals surface area contributed by atoms with Gasteiger partial charge in [0.2, 0.25) is 5.78 Å². The zero-order valence-electron chi connectivity index (χ0n) is 14.3. The van der Waals surface area contributed by atoms with Gasteiger partial charge in [0.25, 0.3) is 5.91 Å². The molecule has 2 aromatic carbocycles. The van der Waals surface area contributed by atoms with Crippen LogP contribution < -0.4 is 5.32 Å². The Balaban J connectivity index is 1.68. The zero-order chi connectivity index (χ0) is 19.0. The van der Waals surface area contributed by atoms with Crippen molar-refractivity contribution in [2.45, 2.75) is 6.92 Å². The first-order valence-electron chi connectivity index (χ1n) is 8.18. The molecule has 0 radical (unpaired) electrons. The molecule has 0 saturated carbocycles. The first kappa shape index (κ1) is 17.2. The molecule has 2 aromatic heterocycles. The molecule has 5 nitrogen and oxygen atoms in total. The molecule has 0 atom stereocenters. The van der Waals surface area contributed by atoms with Crippen molar-refractivity contribution in [2.75, 3.05) is 5.32 Å². The number of aromatic nitrogens is 3. The van der Waals surface area contributed by atoms with Crippen molar-refractivity contribution in [3.8, 4) is 11.3 Å². The van der Waals surface area contributed by atoms with Crippen LogP contribution in [0.25, 0.3) is 17.0 Å². The molecule has 0 unspecified atom stereocenters. The lowest BCUT2D eigenvalue weighted by Gasteiger charge is -2.11. The lowest BCUT2D eigenvalue weighted by atomic mass is 10.1. The van der Waals surface area contributed by atoms with Gasteiger partial charge < -0.3 is 5.32 Å². The van der Waals surface area contributed by atoms with Gasteiger partial charge in [0.05, 0.1) is 22.5 Å². The average Bonchev–Trinajstić information content (AvgIpc) is 3.07. The molecule has 1 N–H and O–H groups in total. The van der Waals surface area contributed by atoms with E-state index in [1.807, 2.05) is 25.1 Å². The van der Waals surface area contributed by atoms with Crippen molar-refractivity contribution in [1.29, 1.82) is 0 Å². The number of carbonyl (C=O) groups is 1. The normalized spacial score (nSPS) is 10.9. The molecular formula is C20H14ClFN4O. The zero-order valence-corrected chi connectivity index (χ0v) is 15.0. The molecule has 0 bridgehead atoms. The molecule has 0 aliphatic carbocycles. The molecule has 2 heterocycles. The fourth-order valence-corrected chi connectivity index (χ4v) is 2.97. The van der Waals surface area contributed by atoms with Gasteiger partial charge >= 0.3 is 0 Å². The van der Waals surface area contributed by atoms with Crippen LogP contribution in [0.1, 0.15) is 15.9 Å². The minimum atomic E-state index is -0.442. The van der Waals surface area contributed by atoms with Gasteiger partial charge in [0.1, 0.15) is 0 Å². The topological polar surface area (TPSA) is 59.3 Å². The molecule has 0 aliphatic rings. The van der Waals surface area contributed by atoms with Crippen molar-refractivity contribution in [2.24, 2.45) is 0 Å². The van der Waals surface area contributed by atoms with Gasteiger partial charge in [-0.15, -0.1) is 0 Å². The molecule has 134 valence electrons. The molecule has 4 rings (SSSR count). The Bertz CT molecular complexity index is 1170. The Labute approximate surface area is 159 Å². The molecule has 0 saturated heterocycles. The number of amides is 1. The van der Waals surface area contributed by atoms with Crippen molar-refractivity contribution in [3.63, 3.8) is 0 Å². The lowest BCUT2D eigenvalue weighted by molar-refractivity contribution is 0.102. The smallest absolute Gasteiger partial charge is 0.257 e. The number of fused-ring (bicyclic) bond motifs is 1. The molecule has 27 heavy (non-hydrogen) atoms. The maximum Gasteiger partial charge on any atom is 0.257 e. The summed E-state index contributed by atoms with van der Waals surface area (Å²) in [5.41, 5.74) is 3.35. The number of rotatable bonds is 3.